The second-order valence-electron chi connectivity index (χ2n) is 10.8. The Morgan fingerprint density at radius 1 is 0.769 bits per heavy atom. The third-order valence-corrected chi connectivity index (χ3v) is 7.86. The molecule has 2 atom stereocenters. The Hall–Kier alpha value is -2.85. The fraction of sp³-hybridized carbons (Fsp3) is 0.429. The predicted octanol–water partition coefficient (Wildman–Crippen LogP) is 10.8. The number of aryl methyl sites for hydroxylation is 1. The predicted molar refractivity (Wildman–Crippen MR) is 155 cm³/mol. The fourth-order valence-electron chi connectivity index (χ4n) is 5.53. The van der Waals surface area contributed by atoms with Crippen LogP contribution in [0.15, 0.2) is 66.7 Å². The Kier molecular flexibility index (Phi) is 10.8. The van der Waals surface area contributed by atoms with Crippen LogP contribution in [-0.2, 0) is 11.2 Å². The van der Waals surface area contributed by atoms with E-state index in [-0.39, 0.29) is 17.5 Å². The number of benzene rings is 3. The van der Waals surface area contributed by atoms with E-state index in [4.69, 9.17) is 4.74 Å². The molecule has 4 heteroatoms. The van der Waals surface area contributed by atoms with Gasteiger partial charge in [-0.25, -0.2) is 13.2 Å². The minimum atomic E-state index is -0.817. The number of unbranched alkanes of at least 4 members (excludes halogenated alkanes) is 6. The van der Waals surface area contributed by atoms with Crippen LogP contribution in [0.5, 0.6) is 0 Å². The zero-order valence-corrected chi connectivity index (χ0v) is 23.3. The number of hydrogen-bond acceptors (Lipinski definition) is 1. The highest BCUT2D eigenvalue weighted by atomic mass is 19.2. The monoisotopic (exact) mass is 534 g/mol. The molecule has 39 heavy (non-hydrogen) atoms. The fourth-order valence-corrected chi connectivity index (χ4v) is 5.53. The third-order valence-electron chi connectivity index (χ3n) is 7.86. The smallest absolute Gasteiger partial charge is 0.166 e. The molecule has 208 valence electrons. The molecule has 1 saturated heterocycles. The van der Waals surface area contributed by atoms with Crippen molar-refractivity contribution < 1.29 is 17.9 Å². The van der Waals surface area contributed by atoms with Gasteiger partial charge in [-0.15, -0.1) is 0 Å². The van der Waals surface area contributed by atoms with Gasteiger partial charge >= 0.3 is 0 Å². The Morgan fingerprint density at radius 3 is 2.08 bits per heavy atom. The maximum atomic E-state index is 15.1. The molecular weight excluding hydrogens is 493 g/mol. The van der Waals surface area contributed by atoms with E-state index in [1.54, 1.807) is 48.5 Å². The normalized spacial score (nSPS) is 17.7. The van der Waals surface area contributed by atoms with Crippen LogP contribution in [0.3, 0.4) is 0 Å². The third kappa shape index (κ3) is 7.63. The van der Waals surface area contributed by atoms with E-state index in [0.717, 1.165) is 37.7 Å². The topological polar surface area (TPSA) is 9.23 Å². The summed E-state index contributed by atoms with van der Waals surface area (Å²) in [4.78, 5) is 0. The second-order valence-corrected chi connectivity index (χ2v) is 10.8. The summed E-state index contributed by atoms with van der Waals surface area (Å²) in [5.41, 5.74) is 3.25. The largest absolute Gasteiger partial charge is 0.373 e. The molecular formula is C35H41F3O. The first kappa shape index (κ1) is 29.1. The quantitative estimate of drug-likeness (QED) is 0.166. The van der Waals surface area contributed by atoms with Crippen LogP contribution < -0.4 is 0 Å². The summed E-state index contributed by atoms with van der Waals surface area (Å²) in [6.07, 6.45) is 14.5. The van der Waals surface area contributed by atoms with Gasteiger partial charge in [0, 0.05) is 17.0 Å². The molecule has 1 nitrogen and oxygen atoms in total. The van der Waals surface area contributed by atoms with Gasteiger partial charge in [-0.2, -0.15) is 0 Å². The van der Waals surface area contributed by atoms with Crippen LogP contribution in [0.1, 0.15) is 88.9 Å². The van der Waals surface area contributed by atoms with Crippen LogP contribution in [0, 0.1) is 23.4 Å². The molecule has 1 fully saturated rings. The van der Waals surface area contributed by atoms with Gasteiger partial charge in [0.2, 0.25) is 0 Å². The van der Waals surface area contributed by atoms with E-state index in [2.05, 4.69) is 13.0 Å². The highest BCUT2D eigenvalue weighted by Crippen LogP contribution is 2.35. The van der Waals surface area contributed by atoms with Gasteiger partial charge in [-0.05, 0) is 60.9 Å². The van der Waals surface area contributed by atoms with E-state index >= 15 is 4.39 Å². The van der Waals surface area contributed by atoms with Crippen LogP contribution in [0.4, 0.5) is 13.2 Å². The van der Waals surface area contributed by atoms with Crippen LogP contribution in [0.2, 0.25) is 0 Å². The molecule has 0 spiro atoms. The Bertz CT molecular complexity index is 1220. The molecule has 3 aromatic rings. The van der Waals surface area contributed by atoms with Gasteiger partial charge in [0.05, 0.1) is 12.7 Å². The molecule has 1 heterocycles. The zero-order chi connectivity index (χ0) is 27.6. The van der Waals surface area contributed by atoms with Crippen molar-refractivity contribution in [3.05, 3.63) is 95.3 Å². The average Bonchev–Trinajstić information content (AvgIpc) is 2.95. The molecule has 4 rings (SSSR count). The van der Waals surface area contributed by atoms with Crippen molar-refractivity contribution in [1.82, 2.24) is 0 Å². The summed E-state index contributed by atoms with van der Waals surface area (Å²) in [6.45, 7) is 4.86. The van der Waals surface area contributed by atoms with Crippen LogP contribution in [0.25, 0.3) is 22.3 Å². The minimum Gasteiger partial charge on any atom is -0.373 e. The van der Waals surface area contributed by atoms with Gasteiger partial charge in [0.25, 0.3) is 0 Å². The molecule has 3 aromatic carbocycles. The van der Waals surface area contributed by atoms with Gasteiger partial charge in [0.15, 0.2) is 11.6 Å². The standard InChI is InChI=1S/C35H41F3O/c1-3-5-6-7-8-9-10-12-28-18-21-31(35(38)34(28)37)27-16-14-26(15-17-27)30-20-19-29(23-32(30)36)33-22-13-25(11-4-2)24-39-33/h4,11,14-21,23,25,33H,3,5-10,12-13,22,24H2,1-2H3/b11-4+. The molecule has 0 saturated carbocycles. The highest BCUT2D eigenvalue weighted by Gasteiger charge is 2.22. The molecule has 2 unspecified atom stereocenters. The molecule has 0 N–H and O–H groups in total. The zero-order valence-electron chi connectivity index (χ0n) is 23.3. The van der Waals surface area contributed by atoms with Gasteiger partial charge in [-0.3, -0.25) is 0 Å². The number of allylic oxidation sites excluding steroid dienone is 1. The maximum absolute atomic E-state index is 15.1. The summed E-state index contributed by atoms with van der Waals surface area (Å²) >= 11 is 0. The SMILES string of the molecule is C/C=C/C1CCC(c2ccc(-c3ccc(-c4ccc(CCCCCCCCC)c(F)c4F)cc3)c(F)c2)OC1. The van der Waals surface area contributed by atoms with E-state index in [1.165, 1.54) is 25.7 Å². The minimum absolute atomic E-state index is 0.0935. The highest BCUT2D eigenvalue weighted by molar-refractivity contribution is 5.71. The van der Waals surface area contributed by atoms with Gasteiger partial charge < -0.3 is 4.74 Å². The molecule has 0 bridgehead atoms. The summed E-state index contributed by atoms with van der Waals surface area (Å²) in [5, 5.41) is 0. The number of ether oxygens (including phenoxy) is 1. The van der Waals surface area contributed by atoms with Crippen molar-refractivity contribution in [2.24, 2.45) is 5.92 Å². The van der Waals surface area contributed by atoms with Crippen molar-refractivity contribution in [2.45, 2.75) is 84.2 Å². The first-order valence-electron chi connectivity index (χ1n) is 14.6. The summed E-state index contributed by atoms with van der Waals surface area (Å²) in [6, 6.07) is 15.6. The van der Waals surface area contributed by atoms with Gasteiger partial charge in [-0.1, -0.05) is 106 Å². The molecule has 0 radical (unpaired) electrons. The molecule has 0 aliphatic carbocycles. The van der Waals surface area contributed by atoms with E-state index in [1.807, 2.05) is 19.1 Å². The molecule has 1 aliphatic rings. The first-order chi connectivity index (χ1) is 19.0. The van der Waals surface area contributed by atoms with Crippen molar-refractivity contribution in [2.75, 3.05) is 6.61 Å². The van der Waals surface area contributed by atoms with Crippen molar-refractivity contribution in [3.63, 3.8) is 0 Å². The Labute approximate surface area is 232 Å². The van der Waals surface area contributed by atoms with Crippen molar-refractivity contribution in [3.8, 4) is 22.3 Å². The van der Waals surface area contributed by atoms with Crippen LogP contribution >= 0.6 is 0 Å². The van der Waals surface area contributed by atoms with Crippen molar-refractivity contribution in [1.29, 1.82) is 0 Å². The summed E-state index contributed by atoms with van der Waals surface area (Å²) in [5.74, 6) is -1.46. The lowest BCUT2D eigenvalue weighted by Gasteiger charge is -2.28. The summed E-state index contributed by atoms with van der Waals surface area (Å²) < 4.78 is 50.9. The second kappa shape index (κ2) is 14.5. The summed E-state index contributed by atoms with van der Waals surface area (Å²) in [7, 11) is 0. The lowest BCUT2D eigenvalue weighted by Crippen LogP contribution is -2.19. The van der Waals surface area contributed by atoms with Gasteiger partial charge in [0.1, 0.15) is 5.82 Å². The van der Waals surface area contributed by atoms with E-state index in [9.17, 15) is 8.78 Å². The number of rotatable bonds is 12. The van der Waals surface area contributed by atoms with Crippen molar-refractivity contribution >= 4 is 0 Å². The van der Waals surface area contributed by atoms with E-state index < -0.39 is 11.6 Å². The Balaban J connectivity index is 1.39. The first-order valence-corrected chi connectivity index (χ1v) is 14.6. The average molecular weight is 535 g/mol. The van der Waals surface area contributed by atoms with Crippen LogP contribution in [-0.4, -0.2) is 6.61 Å². The lowest BCUT2D eigenvalue weighted by molar-refractivity contribution is -0.00538. The number of halogens is 3. The van der Waals surface area contributed by atoms with E-state index in [0.29, 0.717) is 41.2 Å². The lowest BCUT2D eigenvalue weighted by atomic mass is 9.93. The molecule has 0 aromatic heterocycles. The Morgan fingerprint density at radius 2 is 1.44 bits per heavy atom. The molecule has 0 amide bonds. The maximum Gasteiger partial charge on any atom is 0.166 e. The number of hydrogen-bond donors (Lipinski definition) is 0. The molecule has 1 aliphatic heterocycles.